The Kier molecular flexibility index (Phi) is 3.97. The fourth-order valence-corrected chi connectivity index (χ4v) is 5.96. The third-order valence-electron chi connectivity index (χ3n) is 5.05. The highest BCUT2D eigenvalue weighted by molar-refractivity contribution is 8.26. The molecule has 1 aliphatic heterocycles. The van der Waals surface area contributed by atoms with Gasteiger partial charge in [0.2, 0.25) is 5.95 Å². The van der Waals surface area contributed by atoms with Crippen LogP contribution in [0.2, 0.25) is 0 Å². The number of carboxylic acid groups (broad SMARTS) is 1. The summed E-state index contributed by atoms with van der Waals surface area (Å²) in [5.41, 5.74) is 4.62. The van der Waals surface area contributed by atoms with Crippen LogP contribution in [-0.4, -0.2) is 41.6 Å². The molecule has 1 aromatic heterocycles. The summed E-state index contributed by atoms with van der Waals surface area (Å²) >= 11 is 0. The fraction of sp³-hybridized carbons (Fsp3) is 0.533. The van der Waals surface area contributed by atoms with Gasteiger partial charge in [-0.2, -0.15) is 20.0 Å². The zero-order chi connectivity index (χ0) is 18.6. The van der Waals surface area contributed by atoms with Crippen molar-refractivity contribution in [1.82, 2.24) is 10.3 Å². The quantitative estimate of drug-likeness (QED) is 0.502. The van der Waals surface area contributed by atoms with Crippen molar-refractivity contribution >= 4 is 28.2 Å². The topological polar surface area (TPSA) is 141 Å². The van der Waals surface area contributed by atoms with E-state index < -0.39 is 32.9 Å². The molecule has 1 saturated heterocycles. The van der Waals surface area contributed by atoms with Crippen LogP contribution in [0.4, 0.5) is 14.9 Å². The molecule has 10 heteroatoms. The van der Waals surface area contributed by atoms with Crippen molar-refractivity contribution < 1.29 is 23.4 Å². The van der Waals surface area contributed by atoms with Crippen LogP contribution in [0.25, 0.3) is 0 Å². The molecule has 2 atom stereocenters. The highest BCUT2D eigenvalue weighted by atomic mass is 32.3. The number of amidine groups is 1. The predicted octanol–water partition coefficient (Wildman–Crippen LogP) is 2.62. The third kappa shape index (κ3) is 2.83. The minimum absolute atomic E-state index is 0.0309. The van der Waals surface area contributed by atoms with E-state index in [1.54, 1.807) is 13.8 Å². The zero-order valence-electron chi connectivity index (χ0n) is 13.9. The number of nitrogens with zero attached hydrogens (tertiary/aromatic N) is 2. The zero-order valence-corrected chi connectivity index (χ0v) is 14.7. The molecule has 8 nitrogen and oxygen atoms in total. The standard InChI is InChI=1S/C15H21FN4O4S/c1-14(10-5-9(17)6-18-11(10)16)7-25(23,24)15(2,8-3-4-8)12(20-14)19-13(21)22/h5-6,8,23-24H,3-4,7,17H2,1-2H3,(H,19,20)(H,21,22)/t14-,15-/m0/s1. The van der Waals surface area contributed by atoms with Crippen LogP contribution < -0.4 is 11.1 Å². The number of hydrogen-bond acceptors (Lipinski definition) is 5. The summed E-state index contributed by atoms with van der Waals surface area (Å²) in [5, 5.41) is 12.1. The second-order valence-electron chi connectivity index (χ2n) is 7.00. The van der Waals surface area contributed by atoms with Crippen molar-refractivity contribution in [3.8, 4) is 0 Å². The Morgan fingerprint density at radius 3 is 2.68 bits per heavy atom. The minimum atomic E-state index is -3.33. The Morgan fingerprint density at radius 1 is 1.48 bits per heavy atom. The Balaban J connectivity index is 2.14. The molecule has 0 bridgehead atoms. The first-order valence-electron chi connectivity index (χ1n) is 7.77. The van der Waals surface area contributed by atoms with Gasteiger partial charge in [-0.05, 0) is 38.7 Å². The molecule has 2 heterocycles. The summed E-state index contributed by atoms with van der Waals surface area (Å²) in [6.07, 6.45) is 1.19. The first-order valence-corrected chi connectivity index (χ1v) is 9.48. The summed E-state index contributed by atoms with van der Waals surface area (Å²) in [6.45, 7) is 3.15. The van der Waals surface area contributed by atoms with Gasteiger partial charge in [0.15, 0.2) is 0 Å². The van der Waals surface area contributed by atoms with Gasteiger partial charge in [0, 0.05) is 5.56 Å². The molecule has 1 saturated carbocycles. The van der Waals surface area contributed by atoms with Crippen LogP contribution in [0.3, 0.4) is 0 Å². The molecule has 1 aliphatic carbocycles. The van der Waals surface area contributed by atoms with Gasteiger partial charge in [-0.25, -0.2) is 9.78 Å². The molecule has 1 aromatic rings. The number of carbonyl (C=O) groups is 1. The van der Waals surface area contributed by atoms with E-state index in [1.807, 2.05) is 0 Å². The van der Waals surface area contributed by atoms with Crippen LogP contribution >= 0.6 is 10.6 Å². The monoisotopic (exact) mass is 372 g/mol. The van der Waals surface area contributed by atoms with Crippen molar-refractivity contribution in [1.29, 1.82) is 0 Å². The number of pyridine rings is 1. The van der Waals surface area contributed by atoms with E-state index in [-0.39, 0.29) is 28.8 Å². The van der Waals surface area contributed by atoms with Crippen molar-refractivity contribution in [2.45, 2.75) is 37.0 Å². The SMILES string of the molecule is C[C@@]1(c2cc(N)cnc2F)CS(O)(O)[C@@](C)(C2CC2)C(=NC(=O)O)N1. The molecule has 0 spiro atoms. The van der Waals surface area contributed by atoms with Gasteiger partial charge in [0.05, 0.1) is 23.2 Å². The molecule has 1 amide bonds. The van der Waals surface area contributed by atoms with Crippen molar-refractivity contribution in [2.24, 2.45) is 10.9 Å². The van der Waals surface area contributed by atoms with Gasteiger partial charge < -0.3 is 16.2 Å². The number of hydrogen-bond donors (Lipinski definition) is 5. The van der Waals surface area contributed by atoms with Gasteiger partial charge in [0.25, 0.3) is 0 Å². The van der Waals surface area contributed by atoms with Gasteiger partial charge in [-0.15, -0.1) is 0 Å². The smallest absolute Gasteiger partial charge is 0.432 e. The van der Waals surface area contributed by atoms with Crippen LogP contribution in [0.5, 0.6) is 0 Å². The Labute approximate surface area is 145 Å². The normalized spacial score (nSPS) is 34.4. The lowest BCUT2D eigenvalue weighted by atomic mass is 9.91. The molecule has 0 radical (unpaired) electrons. The number of anilines is 1. The van der Waals surface area contributed by atoms with E-state index in [0.29, 0.717) is 0 Å². The first kappa shape index (κ1) is 17.9. The summed E-state index contributed by atoms with van der Waals surface area (Å²) in [6, 6.07) is 1.35. The van der Waals surface area contributed by atoms with E-state index >= 15 is 0 Å². The van der Waals surface area contributed by atoms with Crippen LogP contribution in [0.1, 0.15) is 32.3 Å². The minimum Gasteiger partial charge on any atom is -0.463 e. The number of nitrogens with one attached hydrogen (secondary N) is 1. The Morgan fingerprint density at radius 2 is 2.12 bits per heavy atom. The predicted molar refractivity (Wildman–Crippen MR) is 93.4 cm³/mol. The number of halogens is 1. The van der Waals surface area contributed by atoms with Gasteiger partial charge in [-0.3, -0.25) is 9.11 Å². The van der Waals surface area contributed by atoms with Gasteiger partial charge in [0.1, 0.15) is 10.6 Å². The summed E-state index contributed by atoms with van der Waals surface area (Å²) in [5.74, 6) is -1.16. The van der Waals surface area contributed by atoms with E-state index in [1.165, 1.54) is 6.07 Å². The number of aromatic nitrogens is 1. The lowest BCUT2D eigenvalue weighted by Crippen LogP contribution is -2.64. The first-order chi connectivity index (χ1) is 11.5. The molecule has 2 aliphatic rings. The maximum atomic E-state index is 14.3. The van der Waals surface area contributed by atoms with Crippen molar-refractivity contribution in [2.75, 3.05) is 11.5 Å². The van der Waals surface area contributed by atoms with Crippen molar-refractivity contribution in [3.05, 3.63) is 23.8 Å². The molecule has 25 heavy (non-hydrogen) atoms. The summed E-state index contributed by atoms with van der Waals surface area (Å²) < 4.78 is 34.9. The molecule has 6 N–H and O–H groups in total. The Bertz CT molecular complexity index is 770. The van der Waals surface area contributed by atoms with Crippen LogP contribution in [0.15, 0.2) is 17.3 Å². The highest BCUT2D eigenvalue weighted by Crippen LogP contribution is 2.66. The van der Waals surface area contributed by atoms with E-state index in [2.05, 4.69) is 15.3 Å². The van der Waals surface area contributed by atoms with Gasteiger partial charge >= 0.3 is 6.09 Å². The molecule has 0 aromatic carbocycles. The van der Waals surface area contributed by atoms with Crippen LogP contribution in [-0.2, 0) is 5.54 Å². The average molecular weight is 372 g/mol. The third-order valence-corrected chi connectivity index (χ3v) is 7.92. The number of nitrogens with two attached hydrogens (primary N) is 1. The van der Waals surface area contributed by atoms with E-state index in [4.69, 9.17) is 10.8 Å². The summed E-state index contributed by atoms with van der Waals surface area (Å²) in [7, 11) is -3.33. The largest absolute Gasteiger partial charge is 0.463 e. The fourth-order valence-electron chi connectivity index (χ4n) is 3.45. The number of rotatable bonds is 2. The number of aliphatic imine (C=N–C) groups is 1. The molecule has 2 fully saturated rings. The number of nitrogen functional groups attached to an aromatic ring is 1. The molecular weight excluding hydrogens is 351 g/mol. The van der Waals surface area contributed by atoms with Gasteiger partial charge in [-0.1, -0.05) is 0 Å². The lowest BCUT2D eigenvalue weighted by Gasteiger charge is -2.58. The highest BCUT2D eigenvalue weighted by Gasteiger charge is 2.60. The van der Waals surface area contributed by atoms with E-state index in [0.717, 1.165) is 19.0 Å². The lowest BCUT2D eigenvalue weighted by molar-refractivity contribution is 0.205. The Hall–Kier alpha value is -1.91. The van der Waals surface area contributed by atoms with Crippen LogP contribution in [0, 0.1) is 11.9 Å². The van der Waals surface area contributed by atoms with E-state index in [9.17, 15) is 18.3 Å². The number of amides is 1. The van der Waals surface area contributed by atoms with Crippen molar-refractivity contribution in [3.63, 3.8) is 0 Å². The molecule has 0 unspecified atom stereocenters. The maximum absolute atomic E-state index is 14.3. The maximum Gasteiger partial charge on any atom is 0.432 e. The second kappa shape index (κ2) is 5.55. The second-order valence-corrected chi connectivity index (χ2v) is 9.47. The average Bonchev–Trinajstić information content (AvgIpc) is 3.30. The molecule has 138 valence electrons. The molecular formula is C15H21FN4O4S. The summed E-state index contributed by atoms with van der Waals surface area (Å²) in [4.78, 5) is 18.3. The molecule has 3 rings (SSSR count).